The van der Waals surface area contributed by atoms with Crippen LogP contribution >= 0.6 is 11.3 Å². The number of ether oxygens (including phenoxy) is 3. The van der Waals surface area contributed by atoms with Gasteiger partial charge in [-0.25, -0.2) is 15.0 Å². The fourth-order valence-corrected chi connectivity index (χ4v) is 6.49. The minimum absolute atomic E-state index is 0.0677. The number of rotatable bonds is 9. The lowest BCUT2D eigenvalue weighted by atomic mass is 10.2. The van der Waals surface area contributed by atoms with Crippen LogP contribution in [0.2, 0.25) is 0 Å². The Hall–Kier alpha value is -4.63. The van der Waals surface area contributed by atoms with Crippen molar-refractivity contribution in [3.8, 4) is 28.0 Å². The van der Waals surface area contributed by atoms with Crippen molar-refractivity contribution in [1.82, 2.24) is 24.8 Å². The van der Waals surface area contributed by atoms with E-state index in [0.29, 0.717) is 46.5 Å². The predicted octanol–water partition coefficient (Wildman–Crippen LogP) is 5.48. The molecule has 2 aromatic heterocycles. The number of nitrogens with one attached hydrogen (secondary N) is 1. The van der Waals surface area contributed by atoms with Crippen LogP contribution in [0.3, 0.4) is 0 Å². The Morgan fingerprint density at radius 2 is 1.76 bits per heavy atom. The largest absolute Gasteiger partial charge is 0.573 e. The number of nitrogens with zero attached hydrogens (tertiary/aromatic N) is 6. The Morgan fingerprint density at radius 1 is 0.978 bits per heavy atom. The maximum atomic E-state index is 13.3. The van der Waals surface area contributed by atoms with Gasteiger partial charge in [-0.3, -0.25) is 4.79 Å². The van der Waals surface area contributed by atoms with E-state index in [4.69, 9.17) is 9.47 Å². The number of amides is 1. The van der Waals surface area contributed by atoms with E-state index >= 15 is 0 Å². The van der Waals surface area contributed by atoms with E-state index in [1.165, 1.54) is 17.4 Å². The average Bonchev–Trinajstić information content (AvgIpc) is 3.57. The van der Waals surface area contributed by atoms with Gasteiger partial charge in [0.05, 0.1) is 37.9 Å². The van der Waals surface area contributed by atoms with Crippen LogP contribution in [0.4, 0.5) is 30.5 Å². The Morgan fingerprint density at radius 3 is 2.46 bits per heavy atom. The Balaban J connectivity index is 1.24. The number of benzene rings is 2. The number of aryl methyl sites for hydroxylation is 1. The summed E-state index contributed by atoms with van der Waals surface area (Å²) in [6.07, 6.45) is -3.32. The summed E-state index contributed by atoms with van der Waals surface area (Å²) in [4.78, 5) is 33.7. The van der Waals surface area contributed by atoms with Crippen LogP contribution in [0, 0.1) is 6.92 Å². The summed E-state index contributed by atoms with van der Waals surface area (Å²) in [6, 6.07) is 9.96. The third kappa shape index (κ3) is 6.65. The molecule has 0 unspecified atom stereocenters. The number of methoxy groups -OCH3 is 2. The average molecular weight is 656 g/mol. The molecular formula is C31H32F3N7O4S. The normalized spacial score (nSPS) is 15.2. The molecule has 1 saturated heterocycles. The molecule has 1 amide bonds. The Kier molecular flexibility index (Phi) is 8.61. The summed E-state index contributed by atoms with van der Waals surface area (Å²) >= 11 is 1.34. The molecule has 11 nitrogen and oxygen atoms in total. The fourth-order valence-electron chi connectivity index (χ4n) is 5.37. The molecule has 4 heterocycles. The smallest absolute Gasteiger partial charge is 0.497 e. The number of thiazole rings is 1. The van der Waals surface area contributed by atoms with E-state index in [1.54, 1.807) is 43.5 Å². The van der Waals surface area contributed by atoms with Crippen molar-refractivity contribution in [2.75, 3.05) is 57.7 Å². The van der Waals surface area contributed by atoms with Gasteiger partial charge in [-0.05, 0) is 49.9 Å². The molecule has 46 heavy (non-hydrogen) atoms. The molecule has 0 aliphatic carbocycles. The number of piperazine rings is 1. The van der Waals surface area contributed by atoms with Crippen molar-refractivity contribution in [2.45, 2.75) is 26.4 Å². The van der Waals surface area contributed by atoms with E-state index in [9.17, 15) is 18.0 Å². The molecule has 4 aromatic rings. The van der Waals surface area contributed by atoms with E-state index < -0.39 is 12.1 Å². The van der Waals surface area contributed by atoms with Gasteiger partial charge in [-0.2, -0.15) is 0 Å². The number of alkyl halides is 3. The van der Waals surface area contributed by atoms with E-state index in [1.807, 2.05) is 26.1 Å². The molecule has 2 aliphatic heterocycles. The number of hydrogen-bond donors (Lipinski definition) is 1. The van der Waals surface area contributed by atoms with Crippen LogP contribution < -0.4 is 24.4 Å². The molecule has 0 spiro atoms. The third-order valence-electron chi connectivity index (χ3n) is 7.86. The molecule has 242 valence electrons. The second kappa shape index (κ2) is 12.6. The summed E-state index contributed by atoms with van der Waals surface area (Å²) in [6.45, 7) is 5.65. The number of fused-ring (bicyclic) bond motifs is 1. The molecule has 6 rings (SSSR count). The minimum atomic E-state index is -4.88. The first kappa shape index (κ1) is 31.4. The highest BCUT2D eigenvalue weighted by Crippen LogP contribution is 2.38. The zero-order valence-electron chi connectivity index (χ0n) is 25.6. The second-order valence-corrected chi connectivity index (χ2v) is 12.1. The molecule has 0 saturated carbocycles. The number of hydrogen-bond acceptors (Lipinski definition) is 11. The Bertz CT molecular complexity index is 1760. The minimum Gasteiger partial charge on any atom is -0.497 e. The van der Waals surface area contributed by atoms with E-state index in [2.05, 4.69) is 34.8 Å². The van der Waals surface area contributed by atoms with Crippen molar-refractivity contribution < 1.29 is 32.2 Å². The van der Waals surface area contributed by atoms with Crippen molar-refractivity contribution in [3.63, 3.8) is 0 Å². The summed E-state index contributed by atoms with van der Waals surface area (Å²) in [5.74, 6) is 0.724. The standard InChI is InChI=1S/C31H32F3N7O4S/c1-18-15-35-30(36-22-13-20(40-11-9-39(2)10-12-40)6-8-23(22)45-31(32,33)34)38-26(18)28-37-27-25(46-28)17-41(29(27)42)16-19-5-7-21(43-3)14-24(19)44-4/h5-8,13-15H,9-12,16-17H2,1-4H3,(H,35,36,38). The molecular weight excluding hydrogens is 623 g/mol. The van der Waals surface area contributed by atoms with Crippen LogP contribution in [-0.4, -0.2) is 84.5 Å². The number of halogens is 3. The quantitative estimate of drug-likeness (QED) is 0.250. The third-order valence-corrected chi connectivity index (χ3v) is 8.90. The zero-order valence-corrected chi connectivity index (χ0v) is 26.5. The first-order chi connectivity index (χ1) is 22.0. The summed E-state index contributed by atoms with van der Waals surface area (Å²) in [5, 5.41) is 3.44. The predicted molar refractivity (Wildman–Crippen MR) is 167 cm³/mol. The number of aromatic nitrogens is 3. The number of likely N-dealkylation sites (N-methyl/N-ethyl adjacent to an activating group) is 1. The van der Waals surface area contributed by atoms with Gasteiger partial charge in [0.25, 0.3) is 5.91 Å². The van der Waals surface area contributed by atoms with Gasteiger partial charge in [0.2, 0.25) is 5.95 Å². The van der Waals surface area contributed by atoms with Gasteiger partial charge in [-0.15, -0.1) is 24.5 Å². The molecule has 1 fully saturated rings. The van der Waals surface area contributed by atoms with Crippen LogP contribution in [0.1, 0.15) is 26.5 Å². The molecule has 0 radical (unpaired) electrons. The number of anilines is 3. The Labute approximate surface area is 267 Å². The highest BCUT2D eigenvalue weighted by Gasteiger charge is 2.34. The van der Waals surface area contributed by atoms with Gasteiger partial charge >= 0.3 is 6.36 Å². The highest BCUT2D eigenvalue weighted by atomic mass is 32.1. The molecule has 1 N–H and O–H groups in total. The fraction of sp³-hybridized carbons (Fsp3) is 0.355. The summed E-state index contributed by atoms with van der Waals surface area (Å²) in [5.41, 5.74) is 3.18. The summed E-state index contributed by atoms with van der Waals surface area (Å²) in [7, 11) is 5.17. The van der Waals surface area contributed by atoms with Gasteiger partial charge in [0.15, 0.2) is 5.75 Å². The molecule has 0 atom stereocenters. The lowest BCUT2D eigenvalue weighted by Gasteiger charge is -2.34. The highest BCUT2D eigenvalue weighted by molar-refractivity contribution is 7.15. The van der Waals surface area contributed by atoms with Crippen LogP contribution in [-0.2, 0) is 13.1 Å². The van der Waals surface area contributed by atoms with Gasteiger partial charge in [0, 0.05) is 49.7 Å². The first-order valence-corrected chi connectivity index (χ1v) is 15.3. The van der Waals surface area contributed by atoms with Gasteiger partial charge in [-0.1, -0.05) is 0 Å². The van der Waals surface area contributed by atoms with Crippen molar-refractivity contribution >= 4 is 34.6 Å². The van der Waals surface area contributed by atoms with Crippen molar-refractivity contribution in [3.05, 3.63) is 64.3 Å². The molecule has 0 bridgehead atoms. The van der Waals surface area contributed by atoms with E-state index in [0.717, 1.165) is 42.3 Å². The monoisotopic (exact) mass is 655 g/mol. The van der Waals surface area contributed by atoms with Gasteiger partial charge in [0.1, 0.15) is 27.9 Å². The lowest BCUT2D eigenvalue weighted by molar-refractivity contribution is -0.274. The van der Waals surface area contributed by atoms with Crippen LogP contribution in [0.5, 0.6) is 17.2 Å². The van der Waals surface area contributed by atoms with Crippen molar-refractivity contribution in [1.29, 1.82) is 0 Å². The maximum Gasteiger partial charge on any atom is 0.573 e. The summed E-state index contributed by atoms with van der Waals surface area (Å²) < 4.78 is 54.9. The topological polar surface area (TPSA) is 105 Å². The number of carbonyl (C=O) groups excluding carboxylic acids is 1. The lowest BCUT2D eigenvalue weighted by Crippen LogP contribution is -2.44. The number of carbonyl (C=O) groups is 1. The molecule has 2 aliphatic rings. The van der Waals surface area contributed by atoms with Crippen LogP contribution in [0.25, 0.3) is 10.7 Å². The first-order valence-electron chi connectivity index (χ1n) is 14.5. The van der Waals surface area contributed by atoms with E-state index in [-0.39, 0.29) is 17.5 Å². The maximum absolute atomic E-state index is 13.3. The van der Waals surface area contributed by atoms with Crippen LogP contribution in [0.15, 0.2) is 42.6 Å². The molecule has 2 aromatic carbocycles. The second-order valence-electron chi connectivity index (χ2n) is 11.0. The van der Waals surface area contributed by atoms with Gasteiger partial charge < -0.3 is 34.2 Å². The molecule has 15 heteroatoms. The SMILES string of the molecule is COc1ccc(CN2Cc3sc(-c4nc(Nc5cc(N6CCN(C)CC6)ccc5OC(F)(F)F)ncc4C)nc3C2=O)c(OC)c1. The van der Waals surface area contributed by atoms with Crippen molar-refractivity contribution in [2.24, 2.45) is 0 Å². The zero-order chi connectivity index (χ0) is 32.6.